The minimum atomic E-state index is -4.95. The van der Waals surface area contributed by atoms with Crippen molar-refractivity contribution in [3.05, 3.63) is 6.07 Å². The zero-order valence-corrected chi connectivity index (χ0v) is 6.67. The summed E-state index contributed by atoms with van der Waals surface area (Å²) in [5.74, 6) is -2.23. The molecule has 5 nitrogen and oxygen atoms in total. The smallest absolute Gasteiger partial charge is 0.502 e. The number of nitrogens with two attached hydrogens (primary N) is 2. The van der Waals surface area contributed by atoms with Crippen molar-refractivity contribution in [3.63, 3.8) is 0 Å². The largest absolute Gasteiger partial charge is 0.574 e. The number of nitrogen functional groups attached to an aromatic ring is 2. The summed E-state index contributed by atoms with van der Waals surface area (Å²) in [6.45, 7) is 0. The highest BCUT2D eigenvalue weighted by Crippen LogP contribution is 2.34. The predicted octanol–water partition coefficient (Wildman–Crippen LogP) is 0.850. The van der Waals surface area contributed by atoms with E-state index >= 15 is 0 Å². The first-order chi connectivity index (χ1) is 6.29. The number of anilines is 2. The van der Waals surface area contributed by atoms with Crippen molar-refractivity contribution in [1.82, 2.24) is 4.98 Å². The van der Waals surface area contributed by atoms with Gasteiger partial charge in [-0.3, -0.25) is 0 Å². The first-order valence-electron chi connectivity index (χ1n) is 3.30. The average Bonchev–Trinajstić information content (AvgIpc) is 1.96. The van der Waals surface area contributed by atoms with Crippen molar-refractivity contribution in [2.75, 3.05) is 11.5 Å². The molecule has 0 aliphatic heterocycles. The molecule has 1 aromatic heterocycles. The van der Waals surface area contributed by atoms with E-state index in [1.165, 1.54) is 0 Å². The summed E-state index contributed by atoms with van der Waals surface area (Å²) < 4.78 is 38.6. The monoisotopic (exact) mass is 209 g/mol. The molecule has 14 heavy (non-hydrogen) atoms. The molecule has 0 aromatic carbocycles. The number of aromatic nitrogens is 1. The maximum absolute atomic E-state index is 11.7. The van der Waals surface area contributed by atoms with Crippen LogP contribution in [0.2, 0.25) is 0 Å². The van der Waals surface area contributed by atoms with Crippen LogP contribution in [0.1, 0.15) is 0 Å². The van der Waals surface area contributed by atoms with Crippen molar-refractivity contribution >= 4 is 11.5 Å². The van der Waals surface area contributed by atoms with E-state index in [4.69, 9.17) is 16.6 Å². The second-order valence-corrected chi connectivity index (χ2v) is 2.34. The molecule has 0 saturated heterocycles. The number of alkyl halides is 3. The molecule has 1 aromatic rings. The van der Waals surface area contributed by atoms with Gasteiger partial charge in [0.15, 0.2) is 0 Å². The first-order valence-corrected chi connectivity index (χ1v) is 3.30. The van der Waals surface area contributed by atoms with E-state index < -0.39 is 18.0 Å². The molecule has 8 heteroatoms. The summed E-state index contributed by atoms with van der Waals surface area (Å²) >= 11 is 0. The highest BCUT2D eigenvalue weighted by Gasteiger charge is 2.33. The number of nitrogens with zero attached hydrogens (tertiary/aromatic N) is 1. The van der Waals surface area contributed by atoms with Crippen LogP contribution in [0.3, 0.4) is 0 Å². The summed E-state index contributed by atoms with van der Waals surface area (Å²) in [4.78, 5) is 3.12. The third-order valence-corrected chi connectivity index (χ3v) is 1.22. The molecule has 0 aliphatic rings. The van der Waals surface area contributed by atoms with Gasteiger partial charge in [0.25, 0.3) is 5.88 Å². The average molecular weight is 209 g/mol. The van der Waals surface area contributed by atoms with Crippen LogP contribution in [-0.4, -0.2) is 16.5 Å². The number of rotatable bonds is 1. The summed E-state index contributed by atoms with van der Waals surface area (Å²) in [7, 11) is 0. The summed E-state index contributed by atoms with van der Waals surface area (Å²) in [5.41, 5.74) is 9.88. The molecule has 0 amide bonds. The summed E-state index contributed by atoms with van der Waals surface area (Å²) in [6.07, 6.45) is -4.95. The molecule has 0 fully saturated rings. The molecule has 1 heterocycles. The van der Waals surface area contributed by atoms with Crippen LogP contribution < -0.4 is 16.2 Å². The standard InChI is InChI=1S/C6H6F3N3O2/c7-6(8,9)14-5-4(13)2(10)1-3(11)12-5/h1,13H,(H4,10,11,12). The van der Waals surface area contributed by atoms with E-state index in [-0.39, 0.29) is 11.5 Å². The van der Waals surface area contributed by atoms with Gasteiger partial charge in [0.1, 0.15) is 5.82 Å². The van der Waals surface area contributed by atoms with Crippen LogP contribution in [-0.2, 0) is 0 Å². The van der Waals surface area contributed by atoms with Gasteiger partial charge in [-0.2, -0.15) is 4.98 Å². The minimum Gasteiger partial charge on any atom is -0.502 e. The van der Waals surface area contributed by atoms with E-state index in [0.717, 1.165) is 6.07 Å². The van der Waals surface area contributed by atoms with Gasteiger partial charge < -0.3 is 21.3 Å². The molecule has 0 spiro atoms. The zero-order chi connectivity index (χ0) is 10.9. The lowest BCUT2D eigenvalue weighted by Gasteiger charge is -2.10. The predicted molar refractivity (Wildman–Crippen MR) is 41.4 cm³/mol. The van der Waals surface area contributed by atoms with Crippen molar-refractivity contribution < 1.29 is 23.0 Å². The number of hydrogen-bond acceptors (Lipinski definition) is 5. The van der Waals surface area contributed by atoms with Crippen molar-refractivity contribution in [2.24, 2.45) is 0 Å². The van der Waals surface area contributed by atoms with E-state index in [1.54, 1.807) is 0 Å². The van der Waals surface area contributed by atoms with Gasteiger partial charge in [0, 0.05) is 6.07 Å². The van der Waals surface area contributed by atoms with Gasteiger partial charge in [0.05, 0.1) is 5.69 Å². The van der Waals surface area contributed by atoms with Gasteiger partial charge in [-0.1, -0.05) is 0 Å². The molecule has 5 N–H and O–H groups in total. The van der Waals surface area contributed by atoms with Gasteiger partial charge in [0.2, 0.25) is 5.75 Å². The molecule has 0 aliphatic carbocycles. The lowest BCUT2D eigenvalue weighted by molar-refractivity contribution is -0.276. The number of hydrogen-bond donors (Lipinski definition) is 3. The third-order valence-electron chi connectivity index (χ3n) is 1.22. The zero-order valence-electron chi connectivity index (χ0n) is 6.67. The molecule has 0 radical (unpaired) electrons. The Labute approximate surface area is 76.1 Å². The van der Waals surface area contributed by atoms with Crippen molar-refractivity contribution in [3.8, 4) is 11.6 Å². The molecular weight excluding hydrogens is 203 g/mol. The van der Waals surface area contributed by atoms with Crippen molar-refractivity contribution in [2.45, 2.75) is 6.36 Å². The van der Waals surface area contributed by atoms with E-state index in [1.807, 2.05) is 0 Å². The number of ether oxygens (including phenoxy) is 1. The highest BCUT2D eigenvalue weighted by molar-refractivity contribution is 5.61. The minimum absolute atomic E-state index is 0.278. The Morgan fingerprint density at radius 3 is 2.43 bits per heavy atom. The van der Waals surface area contributed by atoms with Crippen LogP contribution in [0.4, 0.5) is 24.7 Å². The fourth-order valence-electron chi connectivity index (χ4n) is 0.734. The molecule has 0 bridgehead atoms. The molecule has 78 valence electrons. The first kappa shape index (κ1) is 10.2. The Morgan fingerprint density at radius 1 is 1.36 bits per heavy atom. The van der Waals surface area contributed by atoms with Gasteiger partial charge in [-0.05, 0) is 0 Å². The normalized spacial score (nSPS) is 11.4. The quantitative estimate of drug-likeness (QED) is 0.637. The Hall–Kier alpha value is -1.86. The van der Waals surface area contributed by atoms with Crippen LogP contribution >= 0.6 is 0 Å². The maximum Gasteiger partial charge on any atom is 0.574 e. The second-order valence-electron chi connectivity index (χ2n) is 2.34. The topological polar surface area (TPSA) is 94.4 Å². The van der Waals surface area contributed by atoms with Gasteiger partial charge >= 0.3 is 6.36 Å². The van der Waals surface area contributed by atoms with E-state index in [0.29, 0.717) is 0 Å². The molecule has 0 unspecified atom stereocenters. The Balaban J connectivity index is 3.09. The van der Waals surface area contributed by atoms with E-state index in [9.17, 15) is 13.2 Å². The van der Waals surface area contributed by atoms with Gasteiger partial charge in [-0.25, -0.2) is 0 Å². The summed E-state index contributed by atoms with van der Waals surface area (Å²) in [6, 6.07) is 1.01. The molecule has 0 atom stereocenters. The fraction of sp³-hybridized carbons (Fsp3) is 0.167. The summed E-state index contributed by atoms with van der Waals surface area (Å²) in [5, 5.41) is 9.02. The number of pyridine rings is 1. The molecule has 1 rings (SSSR count). The Morgan fingerprint density at radius 2 is 1.93 bits per heavy atom. The van der Waals surface area contributed by atoms with Gasteiger partial charge in [-0.15, -0.1) is 13.2 Å². The van der Waals surface area contributed by atoms with Crippen LogP contribution in [0.25, 0.3) is 0 Å². The lowest BCUT2D eigenvalue weighted by atomic mass is 10.3. The van der Waals surface area contributed by atoms with Crippen LogP contribution in [0.15, 0.2) is 6.07 Å². The maximum atomic E-state index is 11.7. The highest BCUT2D eigenvalue weighted by atomic mass is 19.4. The van der Waals surface area contributed by atoms with Crippen LogP contribution in [0.5, 0.6) is 11.6 Å². The number of aromatic hydroxyl groups is 1. The molecule has 0 saturated carbocycles. The lowest BCUT2D eigenvalue weighted by Crippen LogP contribution is -2.18. The Bertz CT molecular complexity index is 353. The fourth-order valence-corrected chi connectivity index (χ4v) is 0.734. The van der Waals surface area contributed by atoms with Crippen LogP contribution in [0, 0.1) is 0 Å². The third kappa shape index (κ3) is 2.31. The second kappa shape index (κ2) is 3.13. The SMILES string of the molecule is Nc1cc(N)c(O)c(OC(F)(F)F)n1. The number of halogens is 3. The molecular formula is C6H6F3N3O2. The van der Waals surface area contributed by atoms with Crippen molar-refractivity contribution in [1.29, 1.82) is 0 Å². The van der Waals surface area contributed by atoms with E-state index in [2.05, 4.69) is 9.72 Å². The Kier molecular flexibility index (Phi) is 2.28.